The Kier molecular flexibility index (Phi) is 5.52. The van der Waals surface area contributed by atoms with Crippen LogP contribution in [0.4, 0.5) is 5.69 Å². The molecule has 0 atom stereocenters. The van der Waals surface area contributed by atoms with Gasteiger partial charge in [-0.1, -0.05) is 15.9 Å². The lowest BCUT2D eigenvalue weighted by molar-refractivity contribution is 0.0599. The number of sulfonamides is 1. The van der Waals surface area contributed by atoms with Crippen molar-refractivity contribution < 1.29 is 27.5 Å². The maximum atomic E-state index is 11.5. The third kappa shape index (κ3) is 4.20. The summed E-state index contributed by atoms with van der Waals surface area (Å²) in [5, 5.41) is 0. The van der Waals surface area contributed by atoms with Crippen molar-refractivity contribution in [1.82, 2.24) is 0 Å². The zero-order valence-electron chi connectivity index (χ0n) is 10.7. The van der Waals surface area contributed by atoms with Crippen LogP contribution in [0.3, 0.4) is 0 Å². The van der Waals surface area contributed by atoms with Crippen LogP contribution in [0.25, 0.3) is 0 Å². The molecule has 9 heteroatoms. The Morgan fingerprint density at radius 1 is 1.10 bits per heavy atom. The second-order valence-corrected chi connectivity index (χ2v) is 6.63. The molecule has 0 fully saturated rings. The van der Waals surface area contributed by atoms with E-state index in [9.17, 15) is 18.0 Å². The summed E-state index contributed by atoms with van der Waals surface area (Å²) < 4.78 is 33.9. The Morgan fingerprint density at radius 2 is 1.55 bits per heavy atom. The summed E-state index contributed by atoms with van der Waals surface area (Å²) in [6, 6.07) is 3.78. The minimum absolute atomic E-state index is 0.0303. The topological polar surface area (TPSA) is 98.8 Å². The average molecular weight is 366 g/mol. The maximum absolute atomic E-state index is 11.5. The average Bonchev–Trinajstić information content (AvgIpc) is 2.44. The molecule has 0 spiro atoms. The summed E-state index contributed by atoms with van der Waals surface area (Å²) in [5.74, 6) is -1.40. The first kappa shape index (κ1) is 16.4. The molecule has 0 heterocycles. The smallest absolute Gasteiger partial charge is 0.337 e. The molecule has 0 aliphatic carbocycles. The Hall–Kier alpha value is -1.61. The predicted octanol–water partition coefficient (Wildman–Crippen LogP) is 1.35. The number of ether oxygens (including phenoxy) is 2. The van der Waals surface area contributed by atoms with E-state index in [4.69, 9.17) is 0 Å². The first-order valence-corrected chi connectivity index (χ1v) is 7.98. The van der Waals surface area contributed by atoms with Gasteiger partial charge in [0, 0.05) is 0 Å². The highest BCUT2D eigenvalue weighted by Gasteiger charge is 2.16. The number of hydrogen-bond donors (Lipinski definition) is 1. The van der Waals surface area contributed by atoms with E-state index in [1.807, 2.05) is 0 Å². The molecule has 0 unspecified atom stereocenters. The van der Waals surface area contributed by atoms with Crippen LogP contribution in [-0.4, -0.2) is 39.2 Å². The molecule has 0 bridgehead atoms. The van der Waals surface area contributed by atoms with Gasteiger partial charge in [0.25, 0.3) is 0 Å². The van der Waals surface area contributed by atoms with Gasteiger partial charge in [-0.25, -0.2) is 18.0 Å². The summed E-state index contributed by atoms with van der Waals surface area (Å²) in [7, 11) is -1.26. The lowest BCUT2D eigenvalue weighted by Gasteiger charge is -2.09. The summed E-state index contributed by atoms with van der Waals surface area (Å²) in [4.78, 5) is 23.0. The van der Waals surface area contributed by atoms with E-state index in [-0.39, 0.29) is 21.5 Å². The van der Waals surface area contributed by atoms with Crippen molar-refractivity contribution in [2.45, 2.75) is 0 Å². The molecule has 0 amide bonds. The van der Waals surface area contributed by atoms with Gasteiger partial charge in [0.1, 0.15) is 4.66 Å². The van der Waals surface area contributed by atoms with Gasteiger partial charge in [0.2, 0.25) is 10.0 Å². The van der Waals surface area contributed by atoms with Crippen LogP contribution >= 0.6 is 15.9 Å². The minimum Gasteiger partial charge on any atom is -0.465 e. The number of esters is 2. The van der Waals surface area contributed by atoms with Crippen LogP contribution in [-0.2, 0) is 19.5 Å². The second-order valence-electron chi connectivity index (χ2n) is 3.61. The first-order chi connectivity index (χ1) is 9.32. The van der Waals surface area contributed by atoms with Gasteiger partial charge >= 0.3 is 11.9 Å². The number of carbonyl (C=O) groups excluding carboxylic acids is 2. The highest BCUT2D eigenvalue weighted by molar-refractivity contribution is 9.10. The number of hydrogen-bond acceptors (Lipinski definition) is 6. The van der Waals surface area contributed by atoms with Crippen molar-refractivity contribution in [1.29, 1.82) is 0 Å². The number of alkyl halides is 1. The van der Waals surface area contributed by atoms with Crippen LogP contribution in [0, 0.1) is 0 Å². The number of nitrogens with one attached hydrogen (secondary N) is 1. The van der Waals surface area contributed by atoms with E-state index >= 15 is 0 Å². The van der Waals surface area contributed by atoms with Gasteiger partial charge in [-0.15, -0.1) is 0 Å². The molecule has 1 aromatic rings. The molecule has 0 aliphatic heterocycles. The fourth-order valence-electron chi connectivity index (χ4n) is 1.36. The Labute approximate surface area is 124 Å². The fourth-order valence-corrected chi connectivity index (χ4v) is 2.24. The van der Waals surface area contributed by atoms with Crippen LogP contribution in [0.5, 0.6) is 0 Å². The summed E-state index contributed by atoms with van der Waals surface area (Å²) in [6.07, 6.45) is 0. The summed E-state index contributed by atoms with van der Waals surface area (Å²) in [5.41, 5.74) is 0.123. The Morgan fingerprint density at radius 3 is 1.90 bits per heavy atom. The van der Waals surface area contributed by atoms with Crippen LogP contribution in [0.2, 0.25) is 0 Å². The molecular weight excluding hydrogens is 354 g/mol. The van der Waals surface area contributed by atoms with Crippen molar-refractivity contribution in [2.24, 2.45) is 0 Å². The molecule has 110 valence electrons. The Bertz CT molecular complexity index is 594. The van der Waals surface area contributed by atoms with Crippen molar-refractivity contribution >= 4 is 43.6 Å². The molecule has 0 saturated heterocycles. The molecule has 1 N–H and O–H groups in total. The molecule has 7 nitrogen and oxygen atoms in total. The van der Waals surface area contributed by atoms with Gasteiger partial charge < -0.3 is 9.47 Å². The number of carbonyl (C=O) groups is 2. The van der Waals surface area contributed by atoms with Crippen molar-refractivity contribution in [2.75, 3.05) is 23.6 Å². The Balaban J connectivity index is 3.30. The van der Waals surface area contributed by atoms with Gasteiger partial charge in [0.15, 0.2) is 0 Å². The third-order valence-corrected chi connectivity index (χ3v) is 4.83. The lowest BCUT2D eigenvalue weighted by atomic mass is 10.1. The van der Waals surface area contributed by atoms with E-state index in [1.54, 1.807) is 0 Å². The van der Waals surface area contributed by atoms with E-state index in [2.05, 4.69) is 30.1 Å². The normalized spacial score (nSPS) is 10.8. The third-order valence-electron chi connectivity index (χ3n) is 2.19. The standard InChI is InChI=1S/C11H12BrNO6S/c1-18-10(14)7-3-8(11(15)19-2)5-9(4-7)13-20(16,17)6-12/h3-5,13H,6H2,1-2H3. The number of rotatable bonds is 5. The van der Waals surface area contributed by atoms with Crippen LogP contribution in [0.15, 0.2) is 18.2 Å². The number of anilines is 1. The first-order valence-electron chi connectivity index (χ1n) is 5.21. The highest BCUT2D eigenvalue weighted by atomic mass is 79.9. The molecule has 0 radical (unpaired) electrons. The van der Waals surface area contributed by atoms with Gasteiger partial charge in [-0.2, -0.15) is 0 Å². The quantitative estimate of drug-likeness (QED) is 0.624. The zero-order chi connectivity index (χ0) is 15.3. The van der Waals surface area contributed by atoms with Crippen LogP contribution < -0.4 is 4.72 Å². The highest BCUT2D eigenvalue weighted by Crippen LogP contribution is 2.18. The molecule has 0 aromatic heterocycles. The number of halogens is 1. The van der Waals surface area contributed by atoms with Gasteiger partial charge in [-0.3, -0.25) is 4.72 Å². The van der Waals surface area contributed by atoms with E-state index in [1.165, 1.54) is 32.4 Å². The predicted molar refractivity (Wildman–Crippen MR) is 75.5 cm³/mol. The second kappa shape index (κ2) is 6.71. The zero-order valence-corrected chi connectivity index (χ0v) is 13.1. The number of benzene rings is 1. The van der Waals surface area contributed by atoms with Crippen LogP contribution in [0.1, 0.15) is 20.7 Å². The lowest BCUT2D eigenvalue weighted by Crippen LogP contribution is -2.15. The SMILES string of the molecule is COC(=O)c1cc(NS(=O)(=O)CBr)cc(C(=O)OC)c1. The number of methoxy groups -OCH3 is 2. The molecule has 1 rings (SSSR count). The molecule has 0 aliphatic rings. The monoisotopic (exact) mass is 365 g/mol. The van der Waals surface area contributed by atoms with Crippen molar-refractivity contribution in [3.05, 3.63) is 29.3 Å². The fraction of sp³-hybridized carbons (Fsp3) is 0.273. The minimum atomic E-state index is -3.61. The summed E-state index contributed by atoms with van der Waals surface area (Å²) in [6.45, 7) is 0. The van der Waals surface area contributed by atoms with Crippen molar-refractivity contribution in [3.8, 4) is 0 Å². The van der Waals surface area contributed by atoms with E-state index in [0.717, 1.165) is 0 Å². The maximum Gasteiger partial charge on any atom is 0.337 e. The summed E-state index contributed by atoms with van der Waals surface area (Å²) >= 11 is 2.82. The molecule has 1 aromatic carbocycles. The molecule has 20 heavy (non-hydrogen) atoms. The van der Waals surface area contributed by atoms with E-state index < -0.39 is 22.0 Å². The largest absolute Gasteiger partial charge is 0.465 e. The van der Waals surface area contributed by atoms with Gasteiger partial charge in [0.05, 0.1) is 31.0 Å². The molecular formula is C11H12BrNO6S. The molecule has 0 saturated carbocycles. The van der Waals surface area contributed by atoms with E-state index in [0.29, 0.717) is 0 Å². The van der Waals surface area contributed by atoms with Crippen molar-refractivity contribution in [3.63, 3.8) is 0 Å². The van der Waals surface area contributed by atoms with Gasteiger partial charge in [-0.05, 0) is 18.2 Å².